The van der Waals surface area contributed by atoms with Crippen molar-refractivity contribution in [2.45, 2.75) is 37.5 Å². The minimum atomic E-state index is -0.0669. The van der Waals surface area contributed by atoms with Crippen LogP contribution in [-0.4, -0.2) is 19.9 Å². The van der Waals surface area contributed by atoms with E-state index in [1.165, 1.54) is 54.5 Å². The molecule has 3 aromatic heterocycles. The minimum Gasteiger partial charge on any atom is -0.455 e. The van der Waals surface area contributed by atoms with Crippen LogP contribution in [0.25, 0.3) is 89.5 Å². The third-order valence-corrected chi connectivity index (χ3v) is 14.3. The molecule has 5 aliphatic carbocycles. The number of fused-ring (bicyclic) bond motifs is 6. The number of pyridine rings is 1. The molecule has 282 valence electrons. The number of nitrogens with zero attached hydrogens (tertiary/aromatic N) is 4. The Kier molecular flexibility index (Phi) is 7.13. The summed E-state index contributed by atoms with van der Waals surface area (Å²) in [6.07, 6.45) is 8.65. The van der Waals surface area contributed by atoms with Crippen molar-refractivity contribution < 1.29 is 4.42 Å². The molecule has 3 heterocycles. The molecule has 14 rings (SSSR count). The van der Waals surface area contributed by atoms with Crippen molar-refractivity contribution in [2.24, 2.45) is 23.7 Å². The normalized spacial score (nSPS) is 22.3. The minimum absolute atomic E-state index is 0.0669. The Morgan fingerprint density at radius 2 is 1.03 bits per heavy atom. The Morgan fingerprint density at radius 1 is 0.458 bits per heavy atom. The molecule has 0 unspecified atom stereocenters. The van der Waals surface area contributed by atoms with Crippen molar-refractivity contribution in [3.05, 3.63) is 169 Å². The Morgan fingerprint density at radius 3 is 1.76 bits per heavy atom. The van der Waals surface area contributed by atoms with Crippen LogP contribution in [0.5, 0.6) is 0 Å². The van der Waals surface area contributed by atoms with Gasteiger partial charge in [-0.1, -0.05) is 115 Å². The second kappa shape index (κ2) is 12.6. The predicted molar refractivity (Wildman–Crippen MR) is 235 cm³/mol. The highest BCUT2D eigenvalue weighted by Crippen LogP contribution is 2.69. The maximum atomic E-state index is 6.62. The maximum Gasteiger partial charge on any atom is 0.167 e. The lowest BCUT2D eigenvalue weighted by Crippen LogP contribution is -2.55. The van der Waals surface area contributed by atoms with E-state index in [2.05, 4.69) is 140 Å². The smallest absolute Gasteiger partial charge is 0.167 e. The monoisotopic (exact) mass is 760 g/mol. The molecular weight excluding hydrogens is 721 g/mol. The van der Waals surface area contributed by atoms with E-state index in [1.807, 2.05) is 18.3 Å². The van der Waals surface area contributed by atoms with Gasteiger partial charge in [-0.3, -0.25) is 4.98 Å². The van der Waals surface area contributed by atoms with Gasteiger partial charge in [-0.2, -0.15) is 0 Å². The summed E-state index contributed by atoms with van der Waals surface area (Å²) < 4.78 is 6.62. The molecule has 0 radical (unpaired) electrons. The largest absolute Gasteiger partial charge is 0.455 e. The summed E-state index contributed by atoms with van der Waals surface area (Å²) in [5.41, 5.74) is 14.0. The van der Waals surface area contributed by atoms with Gasteiger partial charge in [0.15, 0.2) is 17.5 Å². The molecule has 0 amide bonds. The molecule has 9 aromatic rings. The van der Waals surface area contributed by atoms with Crippen molar-refractivity contribution in [1.29, 1.82) is 0 Å². The van der Waals surface area contributed by atoms with Gasteiger partial charge in [-0.25, -0.2) is 15.0 Å². The first-order chi connectivity index (χ1) is 29.2. The van der Waals surface area contributed by atoms with Gasteiger partial charge in [-0.15, -0.1) is 0 Å². The summed E-state index contributed by atoms with van der Waals surface area (Å²) >= 11 is 0. The number of furan rings is 1. The standard InChI is InChI=1S/C54H40N4O/c1-3-12-34(13-4-1)36-29-37(35-14-5-2-6-15-35)31-38(30-36)51-56-52(58-53(57-51)45-19-11-18-42-41-16-8-10-21-47(41)59-49(42)45)44-22-23-55-50-48(44)43-17-7-9-20-46(43)54(50)39-25-32-24-33(27-39)28-40(54)26-32/h1-23,29-33,39-40H,24-28H2. The van der Waals surface area contributed by atoms with Crippen molar-refractivity contribution in [3.63, 3.8) is 0 Å². The van der Waals surface area contributed by atoms with Gasteiger partial charge in [0.2, 0.25) is 0 Å². The molecule has 4 bridgehead atoms. The molecule has 1 spiro atoms. The Labute approximate surface area is 342 Å². The van der Waals surface area contributed by atoms with Gasteiger partial charge in [0.25, 0.3) is 0 Å². The first kappa shape index (κ1) is 33.3. The molecule has 5 aliphatic rings. The van der Waals surface area contributed by atoms with E-state index in [0.29, 0.717) is 29.3 Å². The quantitative estimate of drug-likeness (QED) is 0.175. The van der Waals surface area contributed by atoms with Gasteiger partial charge < -0.3 is 4.42 Å². The van der Waals surface area contributed by atoms with Crippen molar-refractivity contribution >= 4 is 21.9 Å². The van der Waals surface area contributed by atoms with Crippen molar-refractivity contribution in [2.75, 3.05) is 0 Å². The average molecular weight is 761 g/mol. The van der Waals surface area contributed by atoms with E-state index in [4.69, 9.17) is 24.4 Å². The number of hydrogen-bond acceptors (Lipinski definition) is 5. The van der Waals surface area contributed by atoms with Crippen LogP contribution in [0.3, 0.4) is 0 Å². The first-order valence-corrected chi connectivity index (χ1v) is 21.2. The SMILES string of the molecule is c1ccc(-c2cc(-c3ccccc3)cc(-c3nc(-c4ccnc5c4-c4ccccc4C54C5CC6CC(C5)CC4C6)nc(-c4cccc5c4oc4ccccc45)n3)c2)cc1. The van der Waals surface area contributed by atoms with Gasteiger partial charge in [0.05, 0.1) is 11.3 Å². The molecular formula is C54H40N4O. The Bertz CT molecular complexity index is 3050. The van der Waals surface area contributed by atoms with Crippen LogP contribution in [0.15, 0.2) is 162 Å². The summed E-state index contributed by atoms with van der Waals surface area (Å²) in [7, 11) is 0. The van der Waals surface area contributed by atoms with Crippen LogP contribution in [0.2, 0.25) is 0 Å². The maximum absolute atomic E-state index is 6.62. The van der Waals surface area contributed by atoms with E-state index in [0.717, 1.165) is 72.7 Å². The van der Waals surface area contributed by atoms with Gasteiger partial charge >= 0.3 is 0 Å². The third kappa shape index (κ3) is 4.91. The lowest BCUT2D eigenvalue weighted by Gasteiger charge is -2.60. The highest BCUT2D eigenvalue weighted by Gasteiger charge is 2.62. The highest BCUT2D eigenvalue weighted by atomic mass is 16.3. The second-order valence-corrected chi connectivity index (χ2v) is 17.4. The van der Waals surface area contributed by atoms with Crippen LogP contribution in [0.4, 0.5) is 0 Å². The molecule has 5 heteroatoms. The van der Waals surface area contributed by atoms with Gasteiger partial charge in [0, 0.05) is 39.1 Å². The summed E-state index contributed by atoms with van der Waals surface area (Å²) in [5.74, 6) is 4.77. The fourth-order valence-corrected chi connectivity index (χ4v) is 12.2. The summed E-state index contributed by atoms with van der Waals surface area (Å²) in [5, 5.41) is 2.12. The molecule has 0 saturated heterocycles. The van der Waals surface area contributed by atoms with E-state index in [-0.39, 0.29) is 5.41 Å². The summed E-state index contributed by atoms with van der Waals surface area (Å²) in [6.45, 7) is 0. The molecule has 0 N–H and O–H groups in total. The van der Waals surface area contributed by atoms with E-state index < -0.39 is 0 Å². The van der Waals surface area contributed by atoms with E-state index in [1.54, 1.807) is 0 Å². The van der Waals surface area contributed by atoms with Crippen LogP contribution < -0.4 is 0 Å². The fraction of sp³-hybridized carbons (Fsp3) is 0.185. The average Bonchev–Trinajstić information content (AvgIpc) is 3.82. The van der Waals surface area contributed by atoms with Crippen molar-refractivity contribution in [3.8, 4) is 67.5 Å². The van der Waals surface area contributed by atoms with Crippen LogP contribution in [0.1, 0.15) is 43.4 Å². The van der Waals surface area contributed by atoms with E-state index in [9.17, 15) is 0 Å². The molecule has 4 saturated carbocycles. The van der Waals surface area contributed by atoms with Crippen molar-refractivity contribution in [1.82, 2.24) is 19.9 Å². The number of hydrogen-bond donors (Lipinski definition) is 0. The molecule has 0 atom stereocenters. The number of rotatable bonds is 5. The highest BCUT2D eigenvalue weighted by molar-refractivity contribution is 6.09. The molecule has 5 nitrogen and oxygen atoms in total. The lowest BCUT2D eigenvalue weighted by atomic mass is 9.43. The molecule has 6 aromatic carbocycles. The van der Waals surface area contributed by atoms with Crippen LogP contribution in [-0.2, 0) is 5.41 Å². The van der Waals surface area contributed by atoms with Crippen LogP contribution >= 0.6 is 0 Å². The number of benzene rings is 6. The molecule has 4 fully saturated rings. The van der Waals surface area contributed by atoms with Gasteiger partial charge in [-0.05, 0) is 126 Å². The zero-order valence-electron chi connectivity index (χ0n) is 32.6. The Hall–Kier alpha value is -6.72. The lowest BCUT2D eigenvalue weighted by molar-refractivity contribution is -0.0415. The number of para-hydroxylation sites is 2. The third-order valence-electron chi connectivity index (χ3n) is 14.3. The summed E-state index contributed by atoms with van der Waals surface area (Å²) in [4.78, 5) is 21.7. The fourth-order valence-electron chi connectivity index (χ4n) is 12.2. The first-order valence-electron chi connectivity index (χ1n) is 21.2. The topological polar surface area (TPSA) is 64.7 Å². The van der Waals surface area contributed by atoms with Gasteiger partial charge in [0.1, 0.15) is 11.2 Å². The summed E-state index contributed by atoms with van der Waals surface area (Å²) in [6, 6.07) is 53.7. The predicted octanol–water partition coefficient (Wildman–Crippen LogP) is 13.2. The number of aromatic nitrogens is 4. The zero-order chi connectivity index (χ0) is 38.7. The van der Waals surface area contributed by atoms with E-state index >= 15 is 0 Å². The Balaban J connectivity index is 1.08. The molecule has 0 aliphatic heterocycles. The second-order valence-electron chi connectivity index (χ2n) is 17.4. The zero-order valence-corrected chi connectivity index (χ0v) is 32.6. The van der Waals surface area contributed by atoms with Crippen LogP contribution in [0, 0.1) is 23.7 Å². The molecule has 59 heavy (non-hydrogen) atoms.